The summed E-state index contributed by atoms with van der Waals surface area (Å²) in [5.74, 6) is 0. The zero-order valence-electron chi connectivity index (χ0n) is 23.9. The fourth-order valence-corrected chi connectivity index (χ4v) is 5.92. The third-order valence-corrected chi connectivity index (χ3v) is 7.00. The number of carbonyl (C=O) groups is 2. The molecule has 2 rings (SSSR count). The Kier molecular flexibility index (Phi) is 7.40. The van der Waals surface area contributed by atoms with Gasteiger partial charge in [0.2, 0.25) is 0 Å². The molecule has 2 aliphatic heterocycles. The van der Waals surface area contributed by atoms with Gasteiger partial charge in [-0.1, -0.05) is 12.2 Å². The van der Waals surface area contributed by atoms with Crippen LogP contribution in [-0.2, 0) is 0 Å². The fourth-order valence-electron chi connectivity index (χ4n) is 5.92. The molecule has 2 aliphatic rings. The molecule has 0 N–H and O–H groups in total. The molecular weight excluding hydrogens is 424 g/mol. The number of hydrogen-bond acceptors (Lipinski definition) is 2. The van der Waals surface area contributed by atoms with Gasteiger partial charge in [0.1, 0.15) is 0 Å². The third-order valence-electron chi connectivity index (χ3n) is 7.00. The Morgan fingerprint density at radius 3 is 0.971 bits per heavy atom. The van der Waals surface area contributed by atoms with Gasteiger partial charge in [-0.05, 0) is 95.9 Å². The molecule has 2 saturated heterocycles. The highest BCUT2D eigenvalue weighted by atomic mass is 16.2. The lowest BCUT2D eigenvalue weighted by molar-refractivity contribution is 0.108. The summed E-state index contributed by atoms with van der Waals surface area (Å²) in [6.07, 6.45) is 5.40. The summed E-state index contributed by atoms with van der Waals surface area (Å²) < 4.78 is 0. The van der Waals surface area contributed by atoms with Gasteiger partial charge in [-0.3, -0.25) is 0 Å². The first kappa shape index (κ1) is 28.3. The normalized spacial score (nSPS) is 27.2. The maximum absolute atomic E-state index is 13.7. The molecule has 194 valence electrons. The SMILES string of the molecule is C=CC1C(CCC2C(C=C)N(C(C)(C)C)C(=O)N2C(C)(C)C)N(C(C)(C)C)C(=O)N1C(C)(C)C. The van der Waals surface area contributed by atoms with Crippen LogP contribution in [-0.4, -0.2) is 78.0 Å². The van der Waals surface area contributed by atoms with E-state index < -0.39 is 0 Å². The highest BCUT2D eigenvalue weighted by molar-refractivity contribution is 5.81. The van der Waals surface area contributed by atoms with Gasteiger partial charge in [0.05, 0.1) is 24.2 Å². The molecule has 0 radical (unpaired) electrons. The number of rotatable bonds is 5. The second kappa shape index (κ2) is 8.91. The fraction of sp³-hybridized carbons (Fsp3) is 0.786. The Morgan fingerprint density at radius 1 is 0.559 bits per heavy atom. The van der Waals surface area contributed by atoms with Crippen LogP contribution in [0.3, 0.4) is 0 Å². The maximum Gasteiger partial charge on any atom is 0.321 e. The molecule has 0 bridgehead atoms. The van der Waals surface area contributed by atoms with Crippen molar-refractivity contribution in [1.82, 2.24) is 19.6 Å². The number of nitrogens with zero attached hydrogens (tertiary/aromatic N) is 4. The molecule has 4 unspecified atom stereocenters. The summed E-state index contributed by atoms with van der Waals surface area (Å²) in [5, 5.41) is 0. The van der Waals surface area contributed by atoms with Crippen LogP contribution in [0.4, 0.5) is 9.59 Å². The summed E-state index contributed by atoms with van der Waals surface area (Å²) in [4.78, 5) is 35.4. The molecule has 6 nitrogen and oxygen atoms in total. The van der Waals surface area contributed by atoms with Crippen LogP contribution in [0.1, 0.15) is 95.9 Å². The molecule has 0 saturated carbocycles. The zero-order chi connectivity index (χ0) is 26.6. The van der Waals surface area contributed by atoms with Gasteiger partial charge < -0.3 is 19.6 Å². The van der Waals surface area contributed by atoms with E-state index in [-0.39, 0.29) is 58.4 Å². The largest absolute Gasteiger partial charge is 0.321 e. The molecule has 2 fully saturated rings. The van der Waals surface area contributed by atoms with E-state index in [9.17, 15) is 9.59 Å². The number of hydrogen-bond donors (Lipinski definition) is 0. The van der Waals surface area contributed by atoms with Crippen LogP contribution in [0, 0.1) is 0 Å². The van der Waals surface area contributed by atoms with Crippen molar-refractivity contribution in [3.05, 3.63) is 25.3 Å². The van der Waals surface area contributed by atoms with E-state index in [0.717, 1.165) is 12.8 Å². The molecule has 2 heterocycles. The van der Waals surface area contributed by atoms with Gasteiger partial charge in [0, 0.05) is 22.2 Å². The predicted octanol–water partition coefficient (Wildman–Crippen LogP) is 6.28. The van der Waals surface area contributed by atoms with Crippen molar-refractivity contribution in [1.29, 1.82) is 0 Å². The van der Waals surface area contributed by atoms with E-state index in [4.69, 9.17) is 0 Å². The smallest absolute Gasteiger partial charge is 0.314 e. The minimum absolute atomic E-state index is 0.0182. The van der Waals surface area contributed by atoms with Crippen molar-refractivity contribution in [3.8, 4) is 0 Å². The third kappa shape index (κ3) is 5.01. The molecule has 0 aromatic heterocycles. The van der Waals surface area contributed by atoms with E-state index >= 15 is 0 Å². The molecule has 4 atom stereocenters. The van der Waals surface area contributed by atoms with Crippen molar-refractivity contribution in [2.75, 3.05) is 0 Å². The molecule has 6 heteroatoms. The van der Waals surface area contributed by atoms with Crippen molar-refractivity contribution in [3.63, 3.8) is 0 Å². The topological polar surface area (TPSA) is 47.1 Å². The molecule has 0 aliphatic carbocycles. The monoisotopic (exact) mass is 474 g/mol. The molecular formula is C28H50N4O2. The van der Waals surface area contributed by atoms with Gasteiger partial charge in [-0.15, -0.1) is 13.2 Å². The first-order chi connectivity index (χ1) is 15.2. The highest BCUT2D eigenvalue weighted by Gasteiger charge is 2.54. The summed E-state index contributed by atoms with van der Waals surface area (Å²) in [6.45, 7) is 33.3. The maximum atomic E-state index is 13.7. The average molecular weight is 475 g/mol. The van der Waals surface area contributed by atoms with Crippen molar-refractivity contribution in [2.24, 2.45) is 0 Å². The van der Waals surface area contributed by atoms with Crippen LogP contribution in [0.25, 0.3) is 0 Å². The lowest BCUT2D eigenvalue weighted by atomic mass is 9.90. The number of carbonyl (C=O) groups excluding carboxylic acids is 2. The average Bonchev–Trinajstić information content (AvgIpc) is 3.08. The van der Waals surface area contributed by atoms with E-state index in [1.165, 1.54) is 0 Å². The van der Waals surface area contributed by atoms with E-state index in [1.54, 1.807) is 0 Å². The summed E-state index contributed by atoms with van der Waals surface area (Å²) in [6, 6.07) is -0.102. The zero-order valence-corrected chi connectivity index (χ0v) is 23.9. The lowest BCUT2D eigenvalue weighted by Crippen LogP contribution is -2.51. The molecule has 34 heavy (non-hydrogen) atoms. The quantitative estimate of drug-likeness (QED) is 0.440. The summed E-state index contributed by atoms with van der Waals surface area (Å²) in [7, 11) is 0. The van der Waals surface area contributed by atoms with Crippen LogP contribution in [0.15, 0.2) is 25.3 Å². The van der Waals surface area contributed by atoms with Gasteiger partial charge in [0.25, 0.3) is 0 Å². The summed E-state index contributed by atoms with van der Waals surface area (Å²) in [5.41, 5.74) is -1.29. The second-order valence-electron chi connectivity index (χ2n) is 13.9. The standard InChI is InChI=1S/C28H50N4O2/c1-15-19-21(31(27(9,10)11)23(33)29(19)25(3,4)5)17-18-22-20(16-2)30(26(6,7)8)24(34)32(22)28(12,13)14/h15-16,19-22H,1-2,17-18H2,3-14H3. The number of amides is 4. The molecule has 4 amide bonds. The van der Waals surface area contributed by atoms with E-state index in [0.29, 0.717) is 0 Å². The summed E-state index contributed by atoms with van der Waals surface area (Å²) >= 11 is 0. The van der Waals surface area contributed by atoms with Gasteiger partial charge in [-0.25, -0.2) is 9.59 Å². The van der Waals surface area contributed by atoms with Crippen LogP contribution in [0.2, 0.25) is 0 Å². The van der Waals surface area contributed by atoms with Gasteiger partial charge in [0.15, 0.2) is 0 Å². The molecule has 0 aromatic carbocycles. The first-order valence-corrected chi connectivity index (χ1v) is 12.7. The minimum Gasteiger partial charge on any atom is -0.314 e. The first-order valence-electron chi connectivity index (χ1n) is 12.7. The van der Waals surface area contributed by atoms with Gasteiger partial charge in [-0.2, -0.15) is 0 Å². The Bertz CT molecular complexity index is 738. The minimum atomic E-state index is -0.326. The highest BCUT2D eigenvalue weighted by Crippen LogP contribution is 2.41. The van der Waals surface area contributed by atoms with Crippen molar-refractivity contribution in [2.45, 2.75) is 142 Å². The lowest BCUT2D eigenvalue weighted by Gasteiger charge is -2.40. The van der Waals surface area contributed by atoms with E-state index in [2.05, 4.69) is 96.2 Å². The Morgan fingerprint density at radius 2 is 0.794 bits per heavy atom. The Labute approximate surface area is 209 Å². The Hall–Kier alpha value is -1.98. The Balaban J connectivity index is 2.49. The predicted molar refractivity (Wildman–Crippen MR) is 142 cm³/mol. The van der Waals surface area contributed by atoms with Crippen LogP contribution in [0.5, 0.6) is 0 Å². The second-order valence-corrected chi connectivity index (χ2v) is 13.9. The number of urea groups is 2. The van der Waals surface area contributed by atoms with Crippen LogP contribution >= 0.6 is 0 Å². The van der Waals surface area contributed by atoms with Crippen LogP contribution < -0.4 is 0 Å². The van der Waals surface area contributed by atoms with Crippen molar-refractivity contribution >= 4 is 12.1 Å². The molecule has 0 aromatic rings. The van der Waals surface area contributed by atoms with Gasteiger partial charge >= 0.3 is 12.1 Å². The van der Waals surface area contributed by atoms with Crippen molar-refractivity contribution < 1.29 is 9.59 Å². The molecule has 0 spiro atoms. The van der Waals surface area contributed by atoms with E-state index in [1.807, 2.05) is 31.8 Å².